The molecule has 0 bridgehead atoms. The van der Waals surface area contributed by atoms with E-state index < -0.39 is 0 Å². The van der Waals surface area contributed by atoms with Crippen molar-refractivity contribution >= 4 is 11.6 Å². The standard InChI is InChI=1S/C15H23N3O/c1-16-9-7-15(19)17-11-13-8-10-18(12-13)14-5-3-2-4-6-14/h2-6,13,16H,7-12H2,1H3,(H,17,19). The van der Waals surface area contributed by atoms with Gasteiger partial charge in [0.15, 0.2) is 0 Å². The molecule has 0 aromatic heterocycles. The topological polar surface area (TPSA) is 44.4 Å². The van der Waals surface area contributed by atoms with Crippen molar-refractivity contribution in [3.05, 3.63) is 30.3 Å². The minimum Gasteiger partial charge on any atom is -0.371 e. The number of hydrogen-bond donors (Lipinski definition) is 2. The van der Waals surface area contributed by atoms with E-state index in [1.807, 2.05) is 13.1 Å². The summed E-state index contributed by atoms with van der Waals surface area (Å²) >= 11 is 0. The zero-order valence-electron chi connectivity index (χ0n) is 11.6. The molecular formula is C15H23N3O. The lowest BCUT2D eigenvalue weighted by atomic mass is 10.1. The normalized spacial score (nSPS) is 18.6. The first-order valence-electron chi connectivity index (χ1n) is 7.01. The monoisotopic (exact) mass is 261 g/mol. The molecule has 0 spiro atoms. The highest BCUT2D eigenvalue weighted by Gasteiger charge is 2.22. The molecule has 1 saturated heterocycles. The van der Waals surface area contributed by atoms with Crippen molar-refractivity contribution in [2.75, 3.05) is 38.1 Å². The van der Waals surface area contributed by atoms with Crippen LogP contribution >= 0.6 is 0 Å². The molecule has 4 nitrogen and oxygen atoms in total. The number of carbonyl (C=O) groups is 1. The molecule has 2 rings (SSSR count). The van der Waals surface area contributed by atoms with E-state index in [0.717, 1.165) is 32.6 Å². The minimum absolute atomic E-state index is 0.146. The molecule has 19 heavy (non-hydrogen) atoms. The largest absolute Gasteiger partial charge is 0.371 e. The SMILES string of the molecule is CNCCC(=O)NCC1CCN(c2ccccc2)C1. The predicted molar refractivity (Wildman–Crippen MR) is 78.3 cm³/mol. The third-order valence-corrected chi connectivity index (χ3v) is 3.60. The van der Waals surface area contributed by atoms with Gasteiger partial charge in [-0.3, -0.25) is 4.79 Å². The van der Waals surface area contributed by atoms with Crippen LogP contribution in [0.5, 0.6) is 0 Å². The summed E-state index contributed by atoms with van der Waals surface area (Å²) in [4.78, 5) is 13.9. The maximum atomic E-state index is 11.5. The van der Waals surface area contributed by atoms with Gasteiger partial charge < -0.3 is 15.5 Å². The van der Waals surface area contributed by atoms with Crippen molar-refractivity contribution in [2.45, 2.75) is 12.8 Å². The van der Waals surface area contributed by atoms with Gasteiger partial charge in [-0.25, -0.2) is 0 Å². The molecule has 1 aliphatic heterocycles. The van der Waals surface area contributed by atoms with Crippen LogP contribution in [0.4, 0.5) is 5.69 Å². The van der Waals surface area contributed by atoms with Crippen molar-refractivity contribution in [2.24, 2.45) is 5.92 Å². The number of amides is 1. The molecule has 2 N–H and O–H groups in total. The molecular weight excluding hydrogens is 238 g/mol. The Morgan fingerprint density at radius 1 is 1.37 bits per heavy atom. The van der Waals surface area contributed by atoms with Gasteiger partial charge in [0.25, 0.3) is 0 Å². The summed E-state index contributed by atoms with van der Waals surface area (Å²) in [5.74, 6) is 0.714. The Morgan fingerprint density at radius 2 is 2.16 bits per heavy atom. The van der Waals surface area contributed by atoms with E-state index in [9.17, 15) is 4.79 Å². The number of anilines is 1. The van der Waals surface area contributed by atoms with Gasteiger partial charge in [0.05, 0.1) is 0 Å². The predicted octanol–water partition coefficient (Wildman–Crippen LogP) is 1.24. The van der Waals surface area contributed by atoms with Crippen LogP contribution in [0.25, 0.3) is 0 Å². The first kappa shape index (κ1) is 13.9. The van der Waals surface area contributed by atoms with Crippen LogP contribution in [0.15, 0.2) is 30.3 Å². The van der Waals surface area contributed by atoms with Crippen LogP contribution in [0.3, 0.4) is 0 Å². The Balaban J connectivity index is 1.72. The van der Waals surface area contributed by atoms with Gasteiger partial charge >= 0.3 is 0 Å². The molecule has 1 fully saturated rings. The quantitative estimate of drug-likeness (QED) is 0.810. The first-order valence-corrected chi connectivity index (χ1v) is 7.01. The van der Waals surface area contributed by atoms with Gasteiger partial charge in [-0.2, -0.15) is 0 Å². The van der Waals surface area contributed by atoms with Crippen LogP contribution in [0.1, 0.15) is 12.8 Å². The summed E-state index contributed by atoms with van der Waals surface area (Å²) < 4.78 is 0. The zero-order chi connectivity index (χ0) is 13.5. The number of hydrogen-bond acceptors (Lipinski definition) is 3. The van der Waals surface area contributed by atoms with Crippen LogP contribution in [-0.2, 0) is 4.79 Å². The molecule has 1 amide bonds. The highest BCUT2D eigenvalue weighted by atomic mass is 16.1. The van der Waals surface area contributed by atoms with E-state index in [0.29, 0.717) is 12.3 Å². The zero-order valence-corrected chi connectivity index (χ0v) is 11.6. The van der Waals surface area contributed by atoms with E-state index in [-0.39, 0.29) is 5.91 Å². The first-order chi connectivity index (χ1) is 9.29. The number of para-hydroxylation sites is 1. The number of nitrogens with one attached hydrogen (secondary N) is 2. The van der Waals surface area contributed by atoms with Gasteiger partial charge in [-0.15, -0.1) is 0 Å². The molecule has 0 aliphatic carbocycles. The second kappa shape index (κ2) is 7.14. The van der Waals surface area contributed by atoms with E-state index in [1.54, 1.807) is 0 Å². The Hall–Kier alpha value is -1.55. The Bertz CT molecular complexity index is 394. The van der Waals surface area contributed by atoms with Gasteiger partial charge in [0, 0.05) is 38.3 Å². The van der Waals surface area contributed by atoms with Crippen molar-refractivity contribution in [3.63, 3.8) is 0 Å². The lowest BCUT2D eigenvalue weighted by Crippen LogP contribution is -2.32. The Kier molecular flexibility index (Phi) is 5.21. The van der Waals surface area contributed by atoms with Crippen LogP contribution in [0, 0.1) is 5.92 Å². The third kappa shape index (κ3) is 4.24. The summed E-state index contributed by atoms with van der Waals surface area (Å²) in [5, 5.41) is 6.01. The van der Waals surface area contributed by atoms with E-state index in [1.165, 1.54) is 5.69 Å². The Morgan fingerprint density at radius 3 is 2.89 bits per heavy atom. The fourth-order valence-electron chi connectivity index (χ4n) is 2.46. The maximum absolute atomic E-state index is 11.5. The van der Waals surface area contributed by atoms with E-state index >= 15 is 0 Å². The van der Waals surface area contributed by atoms with E-state index in [4.69, 9.17) is 0 Å². The average Bonchev–Trinajstić information content (AvgIpc) is 2.93. The summed E-state index contributed by atoms with van der Waals surface area (Å²) in [6.45, 7) is 3.66. The van der Waals surface area contributed by atoms with Crippen LogP contribution in [0.2, 0.25) is 0 Å². The second-order valence-corrected chi connectivity index (χ2v) is 5.09. The molecule has 4 heteroatoms. The molecule has 1 heterocycles. The average molecular weight is 261 g/mol. The maximum Gasteiger partial charge on any atom is 0.221 e. The number of benzene rings is 1. The molecule has 0 radical (unpaired) electrons. The minimum atomic E-state index is 0.146. The van der Waals surface area contributed by atoms with Gasteiger partial charge in [-0.1, -0.05) is 18.2 Å². The second-order valence-electron chi connectivity index (χ2n) is 5.09. The van der Waals surface area contributed by atoms with Crippen LogP contribution < -0.4 is 15.5 Å². The lowest BCUT2D eigenvalue weighted by molar-refractivity contribution is -0.121. The number of nitrogens with zero attached hydrogens (tertiary/aromatic N) is 1. The summed E-state index contributed by atoms with van der Waals surface area (Å²) in [6.07, 6.45) is 1.72. The van der Waals surface area contributed by atoms with Crippen molar-refractivity contribution in [3.8, 4) is 0 Å². The third-order valence-electron chi connectivity index (χ3n) is 3.60. The highest BCUT2D eigenvalue weighted by molar-refractivity contribution is 5.76. The van der Waals surface area contributed by atoms with Gasteiger partial charge in [0.2, 0.25) is 5.91 Å². The lowest BCUT2D eigenvalue weighted by Gasteiger charge is -2.18. The van der Waals surface area contributed by atoms with E-state index in [2.05, 4.69) is 39.8 Å². The summed E-state index contributed by atoms with van der Waals surface area (Å²) in [6, 6.07) is 10.5. The number of carbonyl (C=O) groups excluding carboxylic acids is 1. The molecule has 1 aromatic carbocycles. The fraction of sp³-hybridized carbons (Fsp3) is 0.533. The molecule has 1 atom stereocenters. The molecule has 0 saturated carbocycles. The molecule has 1 aromatic rings. The Labute approximate surface area is 115 Å². The van der Waals surface area contributed by atoms with Crippen molar-refractivity contribution in [1.82, 2.24) is 10.6 Å². The fourth-order valence-corrected chi connectivity index (χ4v) is 2.46. The molecule has 1 unspecified atom stereocenters. The van der Waals surface area contributed by atoms with Crippen molar-refractivity contribution in [1.29, 1.82) is 0 Å². The molecule has 104 valence electrons. The number of rotatable bonds is 6. The van der Waals surface area contributed by atoms with Crippen LogP contribution in [-0.4, -0.2) is 39.1 Å². The molecule has 1 aliphatic rings. The van der Waals surface area contributed by atoms with Gasteiger partial charge in [0.1, 0.15) is 0 Å². The summed E-state index contributed by atoms with van der Waals surface area (Å²) in [5.41, 5.74) is 1.28. The smallest absolute Gasteiger partial charge is 0.221 e. The van der Waals surface area contributed by atoms with Crippen molar-refractivity contribution < 1.29 is 4.79 Å². The van der Waals surface area contributed by atoms with Gasteiger partial charge in [-0.05, 0) is 31.5 Å². The summed E-state index contributed by atoms with van der Waals surface area (Å²) in [7, 11) is 1.86. The highest BCUT2D eigenvalue weighted by Crippen LogP contribution is 2.22.